The molecule has 4 heteroatoms. The van der Waals surface area contributed by atoms with E-state index in [9.17, 15) is 0 Å². The summed E-state index contributed by atoms with van der Waals surface area (Å²) < 4.78 is 2.23. The van der Waals surface area contributed by atoms with Gasteiger partial charge in [-0.15, -0.1) is 10.2 Å². The van der Waals surface area contributed by atoms with Gasteiger partial charge in [-0.25, -0.2) is 0 Å². The molecule has 0 bridgehead atoms. The highest BCUT2D eigenvalue weighted by Gasteiger charge is 2.25. The van der Waals surface area contributed by atoms with Crippen LogP contribution in [0.5, 0.6) is 0 Å². The minimum absolute atomic E-state index is 0.695. The molecule has 0 amide bonds. The van der Waals surface area contributed by atoms with E-state index >= 15 is 0 Å². The number of hydrogen-bond donors (Lipinski definition) is 1. The lowest BCUT2D eigenvalue weighted by Gasteiger charge is -2.07. The van der Waals surface area contributed by atoms with Gasteiger partial charge in [0.1, 0.15) is 12.2 Å². The van der Waals surface area contributed by atoms with Crippen LogP contribution in [-0.2, 0) is 6.42 Å². The van der Waals surface area contributed by atoms with Crippen LogP contribution in [-0.4, -0.2) is 27.9 Å². The highest BCUT2D eigenvalue weighted by Crippen LogP contribution is 2.35. The highest BCUT2D eigenvalue weighted by molar-refractivity contribution is 4.95. The van der Waals surface area contributed by atoms with E-state index in [1.807, 2.05) is 6.33 Å². The molecule has 0 radical (unpaired) electrons. The third kappa shape index (κ3) is 3.02. The van der Waals surface area contributed by atoms with Crippen LogP contribution in [0.15, 0.2) is 6.33 Å². The Hall–Kier alpha value is -0.900. The van der Waals surface area contributed by atoms with Crippen molar-refractivity contribution in [2.45, 2.75) is 39.2 Å². The summed E-state index contributed by atoms with van der Waals surface area (Å²) in [5.41, 5.74) is 0. The van der Waals surface area contributed by atoms with Crippen LogP contribution in [0.3, 0.4) is 0 Å². The molecule has 1 N–H and O–H groups in total. The fourth-order valence-corrected chi connectivity index (χ4v) is 1.69. The first kappa shape index (κ1) is 10.6. The molecule has 1 aromatic heterocycles. The van der Waals surface area contributed by atoms with E-state index in [0.717, 1.165) is 25.3 Å². The normalized spacial score (nSPS) is 16.2. The van der Waals surface area contributed by atoms with Crippen LogP contribution >= 0.6 is 0 Å². The van der Waals surface area contributed by atoms with Crippen LogP contribution in [0.1, 0.15) is 38.6 Å². The van der Waals surface area contributed by atoms with Crippen molar-refractivity contribution in [1.82, 2.24) is 20.1 Å². The van der Waals surface area contributed by atoms with Gasteiger partial charge in [0.15, 0.2) is 0 Å². The Morgan fingerprint density at radius 3 is 3.00 bits per heavy atom. The van der Waals surface area contributed by atoms with Crippen molar-refractivity contribution in [3.05, 3.63) is 12.2 Å². The molecule has 1 aliphatic carbocycles. The van der Waals surface area contributed by atoms with E-state index in [1.54, 1.807) is 0 Å². The zero-order chi connectivity index (χ0) is 10.7. The van der Waals surface area contributed by atoms with Crippen LogP contribution in [0.25, 0.3) is 0 Å². The minimum atomic E-state index is 0.695. The van der Waals surface area contributed by atoms with Crippen molar-refractivity contribution >= 4 is 0 Å². The quantitative estimate of drug-likeness (QED) is 0.719. The summed E-state index contributed by atoms with van der Waals surface area (Å²) in [4.78, 5) is 0. The van der Waals surface area contributed by atoms with Gasteiger partial charge in [0.05, 0.1) is 0 Å². The number of hydrogen-bond acceptors (Lipinski definition) is 3. The molecule has 1 aromatic rings. The molecule has 0 unspecified atom stereocenters. The van der Waals surface area contributed by atoms with Crippen molar-refractivity contribution in [2.24, 2.45) is 5.92 Å². The van der Waals surface area contributed by atoms with Gasteiger partial charge in [0.2, 0.25) is 0 Å². The second-order valence-corrected chi connectivity index (χ2v) is 4.73. The maximum Gasteiger partial charge on any atom is 0.134 e. The molecule has 84 valence electrons. The fraction of sp³-hybridized carbons (Fsp3) is 0.818. The lowest BCUT2D eigenvalue weighted by molar-refractivity contribution is 0.543. The summed E-state index contributed by atoms with van der Waals surface area (Å²) in [6.45, 7) is 6.53. The third-order valence-corrected chi connectivity index (χ3v) is 2.67. The molecule has 0 aliphatic heterocycles. The Balaban J connectivity index is 1.75. The molecule has 2 rings (SSSR count). The zero-order valence-electron chi connectivity index (χ0n) is 9.61. The molecular weight excluding hydrogens is 188 g/mol. The molecule has 0 atom stereocenters. The average Bonchev–Trinajstić information content (AvgIpc) is 2.93. The second kappa shape index (κ2) is 4.75. The van der Waals surface area contributed by atoms with Crippen molar-refractivity contribution in [2.75, 3.05) is 13.1 Å². The summed E-state index contributed by atoms with van der Waals surface area (Å²) in [5, 5.41) is 11.6. The predicted octanol–water partition coefficient (Wildman–Crippen LogP) is 1.40. The first-order valence-electron chi connectivity index (χ1n) is 5.86. The van der Waals surface area contributed by atoms with Gasteiger partial charge in [0, 0.05) is 19.0 Å². The zero-order valence-corrected chi connectivity index (χ0v) is 9.61. The Morgan fingerprint density at radius 1 is 1.53 bits per heavy atom. The summed E-state index contributed by atoms with van der Waals surface area (Å²) in [7, 11) is 0. The van der Waals surface area contributed by atoms with Gasteiger partial charge in [-0.1, -0.05) is 13.8 Å². The largest absolute Gasteiger partial charge is 0.316 e. The van der Waals surface area contributed by atoms with E-state index in [1.165, 1.54) is 12.8 Å². The molecule has 1 aliphatic rings. The molecule has 15 heavy (non-hydrogen) atoms. The standard InChI is InChI=1S/C11H20N4/c1-9(2)7-12-6-5-11-14-13-8-15(11)10-3-4-10/h8-10,12H,3-7H2,1-2H3. The van der Waals surface area contributed by atoms with Crippen molar-refractivity contribution < 1.29 is 0 Å². The summed E-state index contributed by atoms with van der Waals surface area (Å²) in [5.74, 6) is 1.85. The van der Waals surface area contributed by atoms with Gasteiger partial charge < -0.3 is 9.88 Å². The first-order chi connectivity index (χ1) is 7.27. The molecule has 1 saturated carbocycles. The van der Waals surface area contributed by atoms with Gasteiger partial charge in [-0.2, -0.15) is 0 Å². The Morgan fingerprint density at radius 2 is 2.33 bits per heavy atom. The third-order valence-electron chi connectivity index (χ3n) is 2.67. The van der Waals surface area contributed by atoms with Gasteiger partial charge >= 0.3 is 0 Å². The van der Waals surface area contributed by atoms with Gasteiger partial charge in [0.25, 0.3) is 0 Å². The van der Waals surface area contributed by atoms with Crippen molar-refractivity contribution in [1.29, 1.82) is 0 Å². The number of rotatable bonds is 6. The van der Waals surface area contributed by atoms with Crippen molar-refractivity contribution in [3.63, 3.8) is 0 Å². The van der Waals surface area contributed by atoms with E-state index in [4.69, 9.17) is 0 Å². The maximum atomic E-state index is 4.17. The Bertz CT molecular complexity index is 301. The van der Waals surface area contributed by atoms with Crippen LogP contribution in [0, 0.1) is 5.92 Å². The van der Waals surface area contributed by atoms with E-state index in [2.05, 4.69) is 33.9 Å². The topological polar surface area (TPSA) is 42.7 Å². The smallest absolute Gasteiger partial charge is 0.134 e. The van der Waals surface area contributed by atoms with Crippen LogP contribution in [0.2, 0.25) is 0 Å². The number of aromatic nitrogens is 3. The van der Waals surface area contributed by atoms with Crippen molar-refractivity contribution in [3.8, 4) is 0 Å². The number of nitrogens with one attached hydrogen (secondary N) is 1. The van der Waals surface area contributed by atoms with E-state index in [-0.39, 0.29) is 0 Å². The lowest BCUT2D eigenvalue weighted by Crippen LogP contribution is -2.23. The first-order valence-corrected chi connectivity index (χ1v) is 5.86. The maximum absolute atomic E-state index is 4.17. The molecule has 0 saturated heterocycles. The minimum Gasteiger partial charge on any atom is -0.316 e. The van der Waals surface area contributed by atoms with E-state index < -0.39 is 0 Å². The van der Waals surface area contributed by atoms with Gasteiger partial charge in [-0.05, 0) is 25.3 Å². The molecule has 1 fully saturated rings. The molecule has 1 heterocycles. The summed E-state index contributed by atoms with van der Waals surface area (Å²) in [6, 6.07) is 0.695. The summed E-state index contributed by atoms with van der Waals surface area (Å²) in [6.07, 6.45) is 5.45. The second-order valence-electron chi connectivity index (χ2n) is 4.73. The van der Waals surface area contributed by atoms with Crippen LogP contribution < -0.4 is 5.32 Å². The van der Waals surface area contributed by atoms with Gasteiger partial charge in [-0.3, -0.25) is 0 Å². The fourth-order valence-electron chi connectivity index (χ4n) is 1.69. The monoisotopic (exact) mass is 208 g/mol. The predicted molar refractivity (Wildman–Crippen MR) is 59.7 cm³/mol. The summed E-state index contributed by atoms with van der Waals surface area (Å²) >= 11 is 0. The van der Waals surface area contributed by atoms with Crippen LogP contribution in [0.4, 0.5) is 0 Å². The Labute approximate surface area is 91.1 Å². The molecule has 0 spiro atoms. The SMILES string of the molecule is CC(C)CNCCc1nncn1C1CC1. The molecular formula is C11H20N4. The number of nitrogens with zero attached hydrogens (tertiary/aromatic N) is 3. The van der Waals surface area contributed by atoms with E-state index in [0.29, 0.717) is 12.0 Å². The Kier molecular flexibility index (Phi) is 3.36. The molecule has 4 nitrogen and oxygen atoms in total. The highest BCUT2D eigenvalue weighted by atomic mass is 15.3. The molecule has 0 aromatic carbocycles. The lowest BCUT2D eigenvalue weighted by atomic mass is 10.2. The average molecular weight is 208 g/mol.